The highest BCUT2D eigenvalue weighted by Crippen LogP contribution is 2.22. The maximum Gasteiger partial charge on any atom is 0.257 e. The molecule has 0 atom stereocenters. The number of carbonyl (C=O) groups is 1. The molecule has 1 aliphatic heterocycles. The van der Waals surface area contributed by atoms with E-state index in [9.17, 15) is 4.79 Å². The Kier molecular flexibility index (Phi) is 3.15. The van der Waals surface area contributed by atoms with Crippen LogP contribution in [0.5, 0.6) is 0 Å². The van der Waals surface area contributed by atoms with Gasteiger partial charge < -0.3 is 4.90 Å². The van der Waals surface area contributed by atoms with E-state index in [0.717, 1.165) is 37.2 Å². The normalized spacial score (nSPS) is 15.6. The van der Waals surface area contributed by atoms with Crippen LogP contribution < -0.4 is 0 Å². The smallest absolute Gasteiger partial charge is 0.257 e. The predicted octanol–water partition coefficient (Wildman–Crippen LogP) is 2.59. The van der Waals surface area contributed by atoms with Crippen LogP contribution in [0.3, 0.4) is 0 Å². The molecular formula is C12H15ClN2O. The summed E-state index contributed by atoms with van der Waals surface area (Å²) in [5.74, 6) is 0.0208. The van der Waals surface area contributed by atoms with Crippen molar-refractivity contribution < 1.29 is 4.79 Å². The molecule has 0 aromatic carbocycles. The van der Waals surface area contributed by atoms with E-state index in [2.05, 4.69) is 4.98 Å². The predicted molar refractivity (Wildman–Crippen MR) is 63.9 cm³/mol. The molecule has 1 fully saturated rings. The molecule has 4 heteroatoms. The zero-order chi connectivity index (χ0) is 11.7. The summed E-state index contributed by atoms with van der Waals surface area (Å²) in [4.78, 5) is 18.2. The number of rotatable bonds is 1. The molecule has 0 bridgehead atoms. The number of hydrogen-bond acceptors (Lipinski definition) is 2. The molecule has 2 heterocycles. The van der Waals surface area contributed by atoms with Crippen LogP contribution in [-0.2, 0) is 0 Å². The van der Waals surface area contributed by atoms with Crippen molar-refractivity contribution in [1.82, 2.24) is 9.88 Å². The maximum atomic E-state index is 12.2. The van der Waals surface area contributed by atoms with Gasteiger partial charge in [0.15, 0.2) is 0 Å². The number of aromatic nitrogens is 1. The fourth-order valence-corrected chi connectivity index (χ4v) is 2.49. The molecule has 2 rings (SSSR count). The number of nitrogens with zero attached hydrogens (tertiary/aromatic N) is 2. The average Bonchev–Trinajstić information content (AvgIpc) is 2.67. The van der Waals surface area contributed by atoms with Crippen molar-refractivity contribution >= 4 is 17.5 Å². The quantitative estimate of drug-likeness (QED) is 0.705. The van der Waals surface area contributed by atoms with Crippen LogP contribution >= 0.6 is 11.6 Å². The SMILES string of the molecule is Cc1cc(C)c(C(=O)N2CCCC2)c(Cl)n1. The lowest BCUT2D eigenvalue weighted by atomic mass is 10.1. The second-order valence-corrected chi connectivity index (χ2v) is 4.60. The summed E-state index contributed by atoms with van der Waals surface area (Å²) in [5.41, 5.74) is 2.32. The summed E-state index contributed by atoms with van der Waals surface area (Å²) in [5, 5.41) is 0.328. The Morgan fingerprint density at radius 3 is 2.56 bits per heavy atom. The monoisotopic (exact) mass is 238 g/mol. The van der Waals surface area contributed by atoms with Gasteiger partial charge in [0.05, 0.1) is 5.56 Å². The van der Waals surface area contributed by atoms with Gasteiger partial charge in [-0.05, 0) is 38.3 Å². The molecule has 1 aromatic heterocycles. The van der Waals surface area contributed by atoms with E-state index in [1.54, 1.807) is 0 Å². The van der Waals surface area contributed by atoms with Crippen molar-refractivity contribution in [3.8, 4) is 0 Å². The number of pyridine rings is 1. The van der Waals surface area contributed by atoms with Gasteiger partial charge >= 0.3 is 0 Å². The van der Waals surface area contributed by atoms with Crippen molar-refractivity contribution in [3.05, 3.63) is 28.0 Å². The maximum absolute atomic E-state index is 12.2. The first kappa shape index (κ1) is 11.4. The fourth-order valence-electron chi connectivity index (χ4n) is 2.13. The van der Waals surface area contributed by atoms with E-state index in [1.165, 1.54) is 0 Å². The third kappa shape index (κ3) is 2.05. The highest BCUT2D eigenvalue weighted by molar-refractivity contribution is 6.32. The summed E-state index contributed by atoms with van der Waals surface area (Å²) >= 11 is 6.05. The lowest BCUT2D eigenvalue weighted by Crippen LogP contribution is -2.28. The molecule has 0 N–H and O–H groups in total. The number of aryl methyl sites for hydroxylation is 2. The van der Waals surface area contributed by atoms with E-state index >= 15 is 0 Å². The Labute approximate surface area is 100 Å². The minimum absolute atomic E-state index is 0.0208. The van der Waals surface area contributed by atoms with Crippen molar-refractivity contribution in [2.24, 2.45) is 0 Å². The molecule has 3 nitrogen and oxygen atoms in total. The summed E-state index contributed by atoms with van der Waals surface area (Å²) in [7, 11) is 0. The van der Waals surface area contributed by atoms with Crippen molar-refractivity contribution in [2.75, 3.05) is 13.1 Å². The topological polar surface area (TPSA) is 33.2 Å². The highest BCUT2D eigenvalue weighted by atomic mass is 35.5. The number of carbonyl (C=O) groups excluding carboxylic acids is 1. The van der Waals surface area contributed by atoms with E-state index in [-0.39, 0.29) is 5.91 Å². The van der Waals surface area contributed by atoms with Crippen molar-refractivity contribution in [2.45, 2.75) is 26.7 Å². The van der Waals surface area contributed by atoms with Gasteiger partial charge in [-0.25, -0.2) is 4.98 Å². The molecule has 86 valence electrons. The van der Waals surface area contributed by atoms with Gasteiger partial charge in [-0.2, -0.15) is 0 Å². The first-order valence-corrected chi connectivity index (χ1v) is 5.90. The lowest BCUT2D eigenvalue weighted by Gasteiger charge is -2.17. The Morgan fingerprint density at radius 1 is 1.38 bits per heavy atom. The summed E-state index contributed by atoms with van der Waals surface area (Å²) < 4.78 is 0. The van der Waals surface area contributed by atoms with E-state index in [0.29, 0.717) is 10.7 Å². The molecule has 0 unspecified atom stereocenters. The second kappa shape index (κ2) is 4.42. The second-order valence-electron chi connectivity index (χ2n) is 4.25. The largest absolute Gasteiger partial charge is 0.339 e. The third-order valence-electron chi connectivity index (χ3n) is 2.91. The molecule has 16 heavy (non-hydrogen) atoms. The van der Waals surface area contributed by atoms with Gasteiger partial charge in [0.1, 0.15) is 5.15 Å². The van der Waals surface area contributed by atoms with E-state index < -0.39 is 0 Å². The fraction of sp³-hybridized carbons (Fsp3) is 0.500. The summed E-state index contributed by atoms with van der Waals surface area (Å²) in [6, 6.07) is 1.90. The third-order valence-corrected chi connectivity index (χ3v) is 3.18. The molecular weight excluding hydrogens is 224 g/mol. The van der Waals surface area contributed by atoms with E-state index in [4.69, 9.17) is 11.6 Å². The van der Waals surface area contributed by atoms with Gasteiger partial charge in [-0.15, -0.1) is 0 Å². The van der Waals surface area contributed by atoms with Gasteiger partial charge in [-0.1, -0.05) is 11.6 Å². The summed E-state index contributed by atoms with van der Waals surface area (Å²) in [6.07, 6.45) is 2.17. The Morgan fingerprint density at radius 2 is 2.00 bits per heavy atom. The minimum atomic E-state index is 0.0208. The molecule has 1 aliphatic rings. The highest BCUT2D eigenvalue weighted by Gasteiger charge is 2.23. The molecule has 0 spiro atoms. The van der Waals surface area contributed by atoms with E-state index in [1.807, 2.05) is 24.8 Å². The zero-order valence-electron chi connectivity index (χ0n) is 9.59. The van der Waals surface area contributed by atoms with Crippen LogP contribution in [0.25, 0.3) is 0 Å². The number of amides is 1. The van der Waals surface area contributed by atoms with Gasteiger partial charge in [0, 0.05) is 18.8 Å². The Hall–Kier alpha value is -1.09. The van der Waals surface area contributed by atoms with Crippen LogP contribution in [0.2, 0.25) is 5.15 Å². The average molecular weight is 239 g/mol. The van der Waals surface area contributed by atoms with Crippen LogP contribution in [0.1, 0.15) is 34.5 Å². The number of hydrogen-bond donors (Lipinski definition) is 0. The summed E-state index contributed by atoms with van der Waals surface area (Å²) in [6.45, 7) is 5.46. The van der Waals surface area contributed by atoms with Crippen LogP contribution in [0, 0.1) is 13.8 Å². The molecule has 1 amide bonds. The van der Waals surface area contributed by atoms with Crippen molar-refractivity contribution in [3.63, 3.8) is 0 Å². The minimum Gasteiger partial charge on any atom is -0.339 e. The van der Waals surface area contributed by atoms with Crippen LogP contribution in [0.15, 0.2) is 6.07 Å². The van der Waals surface area contributed by atoms with Gasteiger partial charge in [-0.3, -0.25) is 4.79 Å². The van der Waals surface area contributed by atoms with Crippen molar-refractivity contribution in [1.29, 1.82) is 0 Å². The molecule has 0 aliphatic carbocycles. The lowest BCUT2D eigenvalue weighted by molar-refractivity contribution is 0.0792. The molecule has 0 radical (unpaired) electrons. The van der Waals surface area contributed by atoms with Crippen LogP contribution in [-0.4, -0.2) is 28.9 Å². The number of likely N-dealkylation sites (tertiary alicyclic amines) is 1. The molecule has 0 saturated carbocycles. The van der Waals surface area contributed by atoms with Crippen LogP contribution in [0.4, 0.5) is 0 Å². The zero-order valence-corrected chi connectivity index (χ0v) is 10.3. The first-order chi connectivity index (χ1) is 7.59. The standard InChI is InChI=1S/C12H15ClN2O/c1-8-7-9(2)14-11(13)10(8)12(16)15-5-3-4-6-15/h7H,3-6H2,1-2H3. The Balaban J connectivity index is 2.35. The molecule has 1 aromatic rings. The first-order valence-electron chi connectivity index (χ1n) is 5.52. The Bertz CT molecular complexity index is 402. The number of halogens is 1. The van der Waals surface area contributed by atoms with Gasteiger partial charge in [0.25, 0.3) is 5.91 Å². The molecule has 1 saturated heterocycles. The van der Waals surface area contributed by atoms with Gasteiger partial charge in [0.2, 0.25) is 0 Å².